The van der Waals surface area contributed by atoms with Gasteiger partial charge >= 0.3 is 0 Å². The zero-order valence-corrected chi connectivity index (χ0v) is 17.8. The topological polar surface area (TPSA) is 128 Å². The van der Waals surface area contributed by atoms with Crippen molar-refractivity contribution < 1.29 is 29.3 Å². The summed E-state index contributed by atoms with van der Waals surface area (Å²) in [5.41, 5.74) is -1.23. The molecule has 0 unspecified atom stereocenters. The highest BCUT2D eigenvalue weighted by molar-refractivity contribution is 5.98. The number of Topliss-reactive ketones (excluding diaryl/α,β-unsaturated/α-hetero) is 1. The van der Waals surface area contributed by atoms with Gasteiger partial charge < -0.3 is 25.6 Å². The van der Waals surface area contributed by atoms with Crippen LogP contribution in [0.1, 0.15) is 59.3 Å². The predicted octanol–water partition coefficient (Wildman–Crippen LogP) is 0.541. The monoisotopic (exact) mass is 412 g/mol. The number of ketones is 1. The van der Waals surface area contributed by atoms with Crippen LogP contribution in [0.15, 0.2) is 0 Å². The molecular weight excluding hydrogens is 376 g/mol. The third kappa shape index (κ3) is 6.76. The van der Waals surface area contributed by atoms with Gasteiger partial charge in [0.25, 0.3) is 0 Å². The zero-order valence-electron chi connectivity index (χ0n) is 17.8. The molecule has 2 fully saturated rings. The van der Waals surface area contributed by atoms with Gasteiger partial charge in [0.1, 0.15) is 6.04 Å². The van der Waals surface area contributed by atoms with Crippen LogP contribution in [0.25, 0.3) is 0 Å². The van der Waals surface area contributed by atoms with Gasteiger partial charge in [-0.1, -0.05) is 33.6 Å². The standard InChI is InChI=1S/C21H36N2O6/c1-13(2)8-16(19(27)21(11-25)12-29-21)23-20(28)17(10-24)22-18(26)9-15-6-4-14(3)5-7-15/h13-17,24-25H,4-12H2,1-3H3,(H,22,26)(H,23,28)/t14?,15?,16-,17-,21+/m0/s1. The van der Waals surface area contributed by atoms with E-state index in [-0.39, 0.29) is 24.2 Å². The molecule has 0 radical (unpaired) electrons. The number of aliphatic hydroxyl groups excluding tert-OH is 2. The van der Waals surface area contributed by atoms with E-state index in [1.165, 1.54) is 0 Å². The second kappa shape index (κ2) is 10.5. The lowest BCUT2D eigenvalue weighted by molar-refractivity contribution is -0.135. The minimum absolute atomic E-state index is 0.120. The molecular formula is C21H36N2O6. The molecule has 0 spiro atoms. The van der Waals surface area contributed by atoms with Gasteiger partial charge in [-0.15, -0.1) is 0 Å². The highest BCUT2D eigenvalue weighted by Gasteiger charge is 2.54. The SMILES string of the molecule is CC(C)C[C@H](NC(=O)[C@H](CO)NC(=O)CC1CCC(C)CC1)C(=O)[C@@]1(CO)CO1. The Balaban J connectivity index is 1.91. The van der Waals surface area contributed by atoms with Gasteiger partial charge in [-0.25, -0.2) is 0 Å². The Hall–Kier alpha value is -1.51. The van der Waals surface area contributed by atoms with Crippen molar-refractivity contribution in [3.8, 4) is 0 Å². The molecule has 0 aromatic carbocycles. The van der Waals surface area contributed by atoms with Crippen LogP contribution in [-0.4, -0.2) is 65.3 Å². The van der Waals surface area contributed by atoms with Gasteiger partial charge in [0.15, 0.2) is 11.4 Å². The molecule has 166 valence electrons. The normalized spacial score (nSPS) is 28.5. The third-order valence-electron chi connectivity index (χ3n) is 5.98. The molecule has 1 saturated carbocycles. The van der Waals surface area contributed by atoms with Crippen molar-refractivity contribution >= 4 is 17.6 Å². The first kappa shape index (κ1) is 23.8. The zero-order chi connectivity index (χ0) is 21.6. The third-order valence-corrected chi connectivity index (χ3v) is 5.98. The summed E-state index contributed by atoms with van der Waals surface area (Å²) in [6, 6.07) is -1.96. The fourth-order valence-corrected chi connectivity index (χ4v) is 3.93. The van der Waals surface area contributed by atoms with Crippen molar-refractivity contribution in [3.05, 3.63) is 0 Å². The molecule has 0 aromatic heterocycles. The Morgan fingerprint density at radius 3 is 2.17 bits per heavy atom. The molecule has 1 aliphatic heterocycles. The van der Waals surface area contributed by atoms with E-state index in [9.17, 15) is 24.6 Å². The second-order valence-corrected chi connectivity index (χ2v) is 9.13. The molecule has 0 aromatic rings. The minimum atomic E-state index is -1.23. The lowest BCUT2D eigenvalue weighted by atomic mass is 9.81. The van der Waals surface area contributed by atoms with Crippen molar-refractivity contribution in [3.63, 3.8) is 0 Å². The van der Waals surface area contributed by atoms with Crippen LogP contribution < -0.4 is 10.6 Å². The summed E-state index contributed by atoms with van der Waals surface area (Å²) in [6.45, 7) is 5.20. The van der Waals surface area contributed by atoms with Crippen LogP contribution in [0.4, 0.5) is 0 Å². The number of nitrogens with one attached hydrogen (secondary N) is 2. The van der Waals surface area contributed by atoms with Crippen LogP contribution in [-0.2, 0) is 19.1 Å². The van der Waals surface area contributed by atoms with Gasteiger partial charge in [-0.05, 0) is 37.0 Å². The van der Waals surface area contributed by atoms with E-state index < -0.39 is 36.8 Å². The summed E-state index contributed by atoms with van der Waals surface area (Å²) >= 11 is 0. The van der Waals surface area contributed by atoms with Crippen LogP contribution in [0, 0.1) is 17.8 Å². The van der Waals surface area contributed by atoms with Crippen molar-refractivity contribution in [2.45, 2.75) is 77.0 Å². The number of rotatable bonds is 11. The first-order valence-electron chi connectivity index (χ1n) is 10.7. The first-order chi connectivity index (χ1) is 13.7. The smallest absolute Gasteiger partial charge is 0.245 e. The highest BCUT2D eigenvalue weighted by Crippen LogP contribution is 2.31. The van der Waals surface area contributed by atoms with Gasteiger partial charge in [0.2, 0.25) is 11.8 Å². The van der Waals surface area contributed by atoms with E-state index in [0.717, 1.165) is 25.7 Å². The number of amides is 2. The number of hydrogen-bond donors (Lipinski definition) is 4. The van der Waals surface area contributed by atoms with Gasteiger partial charge in [-0.3, -0.25) is 14.4 Å². The van der Waals surface area contributed by atoms with Crippen LogP contribution >= 0.6 is 0 Å². The van der Waals surface area contributed by atoms with Gasteiger partial charge in [0.05, 0.1) is 25.9 Å². The van der Waals surface area contributed by atoms with Crippen molar-refractivity contribution in [2.24, 2.45) is 17.8 Å². The summed E-state index contributed by atoms with van der Waals surface area (Å²) in [6.07, 6.45) is 4.93. The minimum Gasteiger partial charge on any atom is -0.394 e. The molecule has 0 bridgehead atoms. The number of hydrogen-bond acceptors (Lipinski definition) is 6. The summed E-state index contributed by atoms with van der Waals surface area (Å²) < 4.78 is 5.12. The fourth-order valence-electron chi connectivity index (χ4n) is 3.93. The van der Waals surface area contributed by atoms with Crippen molar-refractivity contribution in [2.75, 3.05) is 19.8 Å². The number of epoxide rings is 1. The second-order valence-electron chi connectivity index (χ2n) is 9.13. The van der Waals surface area contributed by atoms with E-state index in [4.69, 9.17) is 4.74 Å². The average molecular weight is 413 g/mol. The molecule has 8 nitrogen and oxygen atoms in total. The van der Waals surface area contributed by atoms with Crippen molar-refractivity contribution in [1.29, 1.82) is 0 Å². The van der Waals surface area contributed by atoms with Gasteiger partial charge in [-0.2, -0.15) is 0 Å². The lowest BCUT2D eigenvalue weighted by Crippen LogP contribution is -2.55. The maximum atomic E-state index is 12.7. The fraction of sp³-hybridized carbons (Fsp3) is 0.857. The molecule has 8 heteroatoms. The Morgan fingerprint density at radius 1 is 1.07 bits per heavy atom. The predicted molar refractivity (Wildman–Crippen MR) is 107 cm³/mol. The number of carbonyl (C=O) groups is 3. The molecule has 29 heavy (non-hydrogen) atoms. The summed E-state index contributed by atoms with van der Waals surface area (Å²) in [5, 5.41) is 24.3. The summed E-state index contributed by atoms with van der Waals surface area (Å²) in [4.78, 5) is 37.7. The maximum absolute atomic E-state index is 12.7. The Kier molecular flexibility index (Phi) is 8.60. The molecule has 1 heterocycles. The maximum Gasteiger partial charge on any atom is 0.245 e. The highest BCUT2D eigenvalue weighted by atomic mass is 16.6. The van der Waals surface area contributed by atoms with Gasteiger partial charge in [0, 0.05) is 6.42 Å². The van der Waals surface area contributed by atoms with E-state index in [1.807, 2.05) is 13.8 Å². The quantitative estimate of drug-likeness (QED) is 0.367. The molecule has 2 aliphatic rings. The molecule has 1 aliphatic carbocycles. The lowest BCUT2D eigenvalue weighted by Gasteiger charge is -2.27. The summed E-state index contributed by atoms with van der Waals surface area (Å²) in [7, 11) is 0. The van der Waals surface area contributed by atoms with E-state index >= 15 is 0 Å². The molecule has 4 N–H and O–H groups in total. The van der Waals surface area contributed by atoms with E-state index in [1.54, 1.807) is 0 Å². The largest absolute Gasteiger partial charge is 0.394 e. The molecule has 1 saturated heterocycles. The number of aliphatic hydroxyl groups is 2. The Labute approximate surface area is 172 Å². The van der Waals surface area contributed by atoms with Crippen molar-refractivity contribution in [1.82, 2.24) is 10.6 Å². The van der Waals surface area contributed by atoms with Crippen LogP contribution in [0.3, 0.4) is 0 Å². The Bertz CT molecular complexity index is 582. The van der Waals surface area contributed by atoms with Crippen LogP contribution in [0.5, 0.6) is 0 Å². The van der Waals surface area contributed by atoms with Crippen LogP contribution in [0.2, 0.25) is 0 Å². The average Bonchev–Trinajstić information content (AvgIpc) is 3.47. The molecule has 2 amide bonds. The van der Waals surface area contributed by atoms with E-state index in [2.05, 4.69) is 17.6 Å². The first-order valence-corrected chi connectivity index (χ1v) is 10.7. The van der Waals surface area contributed by atoms with E-state index in [0.29, 0.717) is 24.7 Å². The number of ether oxygens (including phenoxy) is 1. The number of carbonyl (C=O) groups excluding carboxylic acids is 3. The molecule has 2 rings (SSSR count). The molecule has 3 atom stereocenters. The Morgan fingerprint density at radius 2 is 1.69 bits per heavy atom. The summed E-state index contributed by atoms with van der Waals surface area (Å²) in [5.74, 6) is -0.122.